The summed E-state index contributed by atoms with van der Waals surface area (Å²) < 4.78 is 10.6. The van der Waals surface area contributed by atoms with Gasteiger partial charge in [0.05, 0.1) is 13.3 Å². The average Bonchev–Trinajstić information content (AvgIpc) is 2.85. The maximum absolute atomic E-state index is 12.1. The minimum atomic E-state index is -0.887. The zero-order valence-electron chi connectivity index (χ0n) is 18.7. The third-order valence-corrected chi connectivity index (χ3v) is 4.58. The fourth-order valence-electron chi connectivity index (χ4n) is 2.81. The molecule has 0 bridgehead atoms. The van der Waals surface area contributed by atoms with E-state index >= 15 is 0 Å². The number of hydrogen-bond acceptors (Lipinski definition) is 6. The fraction of sp³-hybridized carbons (Fsp3) is 0.120. The maximum Gasteiger partial charge on any atom is 0.329 e. The van der Waals surface area contributed by atoms with Gasteiger partial charge in [-0.15, -0.1) is 0 Å². The van der Waals surface area contributed by atoms with Crippen LogP contribution in [0.4, 0.5) is 11.4 Å². The number of hydrazone groups is 1. The standard InChI is InChI=1S/C25H24N4O5/c1-17-6-3-4-9-22(17)28-24(31)25(32)29-26-15-18-10-12-20(13-11-18)34-16-23(30)27-19-7-5-8-21(14-19)33-2/h3-15H,16H2,1-2H3,(H,27,30)(H,28,31)(H,29,32)/b26-15-. The molecule has 3 rings (SSSR count). The van der Waals surface area contributed by atoms with Crippen LogP contribution in [0.25, 0.3) is 0 Å². The van der Waals surface area contributed by atoms with Gasteiger partial charge in [0.1, 0.15) is 11.5 Å². The molecule has 0 saturated carbocycles. The molecular formula is C25H24N4O5. The summed E-state index contributed by atoms with van der Waals surface area (Å²) in [6.45, 7) is 1.66. The molecule has 3 aromatic rings. The lowest BCUT2D eigenvalue weighted by molar-refractivity contribution is -0.136. The Kier molecular flexibility index (Phi) is 8.34. The van der Waals surface area contributed by atoms with Crippen molar-refractivity contribution in [2.24, 2.45) is 5.10 Å². The molecule has 0 aliphatic heterocycles. The topological polar surface area (TPSA) is 118 Å². The molecule has 3 N–H and O–H groups in total. The van der Waals surface area contributed by atoms with Gasteiger partial charge in [0.15, 0.2) is 6.61 Å². The van der Waals surface area contributed by atoms with E-state index in [9.17, 15) is 14.4 Å². The number of amides is 3. The van der Waals surface area contributed by atoms with Crippen LogP contribution in [0.2, 0.25) is 0 Å². The number of carbonyl (C=O) groups excluding carboxylic acids is 3. The Hall–Kier alpha value is -4.66. The van der Waals surface area contributed by atoms with Gasteiger partial charge in [-0.1, -0.05) is 24.3 Å². The van der Waals surface area contributed by atoms with Gasteiger partial charge in [0, 0.05) is 17.4 Å². The average molecular weight is 460 g/mol. The molecule has 9 heteroatoms. The lowest BCUT2D eigenvalue weighted by Crippen LogP contribution is -2.32. The minimum absolute atomic E-state index is 0.170. The first-order valence-electron chi connectivity index (χ1n) is 10.3. The van der Waals surface area contributed by atoms with Gasteiger partial charge in [-0.2, -0.15) is 5.10 Å². The van der Waals surface area contributed by atoms with Crippen LogP contribution in [0.5, 0.6) is 11.5 Å². The minimum Gasteiger partial charge on any atom is -0.497 e. The molecular weight excluding hydrogens is 436 g/mol. The largest absolute Gasteiger partial charge is 0.497 e. The van der Waals surface area contributed by atoms with Gasteiger partial charge in [-0.05, 0) is 60.5 Å². The van der Waals surface area contributed by atoms with Crippen LogP contribution >= 0.6 is 0 Å². The molecule has 0 spiro atoms. The Morgan fingerprint density at radius 3 is 2.38 bits per heavy atom. The van der Waals surface area contributed by atoms with Gasteiger partial charge >= 0.3 is 11.8 Å². The highest BCUT2D eigenvalue weighted by Crippen LogP contribution is 2.17. The van der Waals surface area contributed by atoms with E-state index in [2.05, 4.69) is 21.2 Å². The lowest BCUT2D eigenvalue weighted by atomic mass is 10.2. The summed E-state index contributed by atoms with van der Waals surface area (Å²) in [5.74, 6) is -0.895. The van der Waals surface area contributed by atoms with E-state index in [1.165, 1.54) is 6.21 Å². The summed E-state index contributed by atoms with van der Waals surface area (Å²) in [6.07, 6.45) is 1.39. The van der Waals surface area contributed by atoms with E-state index in [1.807, 2.05) is 19.1 Å². The summed E-state index contributed by atoms with van der Waals surface area (Å²) in [6, 6.07) is 20.8. The Bertz CT molecular complexity index is 1190. The summed E-state index contributed by atoms with van der Waals surface area (Å²) in [4.78, 5) is 36.0. The first kappa shape index (κ1) is 24.0. The number of anilines is 2. The molecule has 9 nitrogen and oxygen atoms in total. The maximum atomic E-state index is 12.1. The molecule has 0 fully saturated rings. The van der Waals surface area contributed by atoms with Crippen molar-refractivity contribution in [3.63, 3.8) is 0 Å². The van der Waals surface area contributed by atoms with Crippen molar-refractivity contribution in [3.05, 3.63) is 83.9 Å². The molecule has 0 saturated heterocycles. The number of para-hydroxylation sites is 1. The van der Waals surface area contributed by atoms with Crippen molar-refractivity contribution < 1.29 is 23.9 Å². The van der Waals surface area contributed by atoms with E-state index in [1.54, 1.807) is 67.8 Å². The van der Waals surface area contributed by atoms with Gasteiger partial charge in [-0.25, -0.2) is 5.43 Å². The van der Waals surface area contributed by atoms with Crippen LogP contribution in [0.1, 0.15) is 11.1 Å². The molecule has 0 radical (unpaired) electrons. The highest BCUT2D eigenvalue weighted by atomic mass is 16.5. The van der Waals surface area contributed by atoms with E-state index in [-0.39, 0.29) is 12.5 Å². The quantitative estimate of drug-likeness (QED) is 0.271. The molecule has 34 heavy (non-hydrogen) atoms. The Labute approximate surface area is 196 Å². The van der Waals surface area contributed by atoms with Gasteiger partial charge in [-0.3, -0.25) is 14.4 Å². The van der Waals surface area contributed by atoms with E-state index < -0.39 is 11.8 Å². The number of hydrogen-bond donors (Lipinski definition) is 3. The van der Waals surface area contributed by atoms with Crippen LogP contribution in [0.15, 0.2) is 77.9 Å². The lowest BCUT2D eigenvalue weighted by Gasteiger charge is -2.08. The van der Waals surface area contributed by atoms with Crippen molar-refractivity contribution in [2.45, 2.75) is 6.92 Å². The zero-order valence-corrected chi connectivity index (χ0v) is 18.7. The summed E-state index contributed by atoms with van der Waals surface area (Å²) >= 11 is 0. The number of nitrogens with one attached hydrogen (secondary N) is 3. The number of ether oxygens (including phenoxy) is 2. The van der Waals surface area contributed by atoms with Gasteiger partial charge < -0.3 is 20.1 Å². The molecule has 174 valence electrons. The predicted molar refractivity (Wildman–Crippen MR) is 129 cm³/mol. The van der Waals surface area contributed by atoms with E-state index in [0.717, 1.165) is 5.56 Å². The molecule has 3 amide bonds. The molecule has 0 unspecified atom stereocenters. The van der Waals surface area contributed by atoms with Crippen molar-refractivity contribution in [2.75, 3.05) is 24.4 Å². The second-order valence-corrected chi connectivity index (χ2v) is 7.11. The Morgan fingerprint density at radius 2 is 1.65 bits per heavy atom. The monoisotopic (exact) mass is 460 g/mol. The number of nitrogens with zero attached hydrogens (tertiary/aromatic N) is 1. The van der Waals surface area contributed by atoms with Crippen LogP contribution in [0.3, 0.4) is 0 Å². The fourth-order valence-corrected chi connectivity index (χ4v) is 2.81. The molecule has 0 aromatic heterocycles. The number of methoxy groups -OCH3 is 1. The van der Waals surface area contributed by atoms with Crippen LogP contribution in [0, 0.1) is 6.92 Å². The van der Waals surface area contributed by atoms with Gasteiger partial charge in [0.2, 0.25) is 0 Å². The highest BCUT2D eigenvalue weighted by molar-refractivity contribution is 6.39. The highest BCUT2D eigenvalue weighted by Gasteiger charge is 2.13. The van der Waals surface area contributed by atoms with Gasteiger partial charge in [0.25, 0.3) is 5.91 Å². The zero-order chi connectivity index (χ0) is 24.3. The summed E-state index contributed by atoms with van der Waals surface area (Å²) in [5, 5.41) is 9.05. The van der Waals surface area contributed by atoms with Crippen molar-refractivity contribution >= 4 is 35.3 Å². The first-order valence-corrected chi connectivity index (χ1v) is 10.3. The van der Waals surface area contributed by atoms with Crippen molar-refractivity contribution in [3.8, 4) is 11.5 Å². The summed E-state index contributed by atoms with van der Waals surface area (Å²) in [7, 11) is 1.55. The van der Waals surface area contributed by atoms with E-state index in [4.69, 9.17) is 9.47 Å². The SMILES string of the molecule is COc1cccc(NC(=O)COc2ccc(/C=N\NC(=O)C(=O)Nc3ccccc3C)cc2)c1. The molecule has 0 heterocycles. The van der Waals surface area contributed by atoms with Crippen molar-refractivity contribution in [1.29, 1.82) is 0 Å². The van der Waals surface area contributed by atoms with E-state index in [0.29, 0.717) is 28.4 Å². The third-order valence-electron chi connectivity index (χ3n) is 4.58. The molecule has 0 aliphatic rings. The Morgan fingerprint density at radius 1 is 0.882 bits per heavy atom. The Balaban J connectivity index is 1.43. The second kappa shape index (κ2) is 11.8. The van der Waals surface area contributed by atoms with Crippen LogP contribution in [-0.2, 0) is 14.4 Å². The first-order chi connectivity index (χ1) is 16.4. The number of aryl methyl sites for hydroxylation is 1. The number of rotatable bonds is 8. The van der Waals surface area contributed by atoms with Crippen LogP contribution < -0.4 is 25.5 Å². The second-order valence-electron chi connectivity index (χ2n) is 7.11. The van der Waals surface area contributed by atoms with Crippen LogP contribution in [-0.4, -0.2) is 37.7 Å². The predicted octanol–water partition coefficient (Wildman–Crippen LogP) is 3.11. The number of benzene rings is 3. The molecule has 0 atom stereocenters. The third kappa shape index (κ3) is 7.20. The molecule has 3 aromatic carbocycles. The number of carbonyl (C=O) groups is 3. The normalized spacial score (nSPS) is 10.4. The van der Waals surface area contributed by atoms with Crippen molar-refractivity contribution in [1.82, 2.24) is 5.43 Å². The smallest absolute Gasteiger partial charge is 0.329 e. The summed E-state index contributed by atoms with van der Waals surface area (Å²) in [5.41, 5.74) is 4.84. The molecule has 0 aliphatic carbocycles.